The molecular weight excluding hydrogens is 208 g/mol. The summed E-state index contributed by atoms with van der Waals surface area (Å²) < 4.78 is 0. The first kappa shape index (κ1) is 11.6. The van der Waals surface area contributed by atoms with Gasteiger partial charge in [0.2, 0.25) is 0 Å². The van der Waals surface area contributed by atoms with Gasteiger partial charge in [-0.3, -0.25) is 4.79 Å². The third-order valence-electron chi connectivity index (χ3n) is 3.04. The summed E-state index contributed by atoms with van der Waals surface area (Å²) in [5, 5.41) is 0. The van der Waals surface area contributed by atoms with Gasteiger partial charge in [0, 0.05) is 0 Å². The van der Waals surface area contributed by atoms with Crippen molar-refractivity contribution in [1.82, 2.24) is 0 Å². The lowest BCUT2D eigenvalue weighted by atomic mass is 9.86. The van der Waals surface area contributed by atoms with E-state index in [2.05, 4.69) is 0 Å². The van der Waals surface area contributed by atoms with Gasteiger partial charge in [-0.25, -0.2) is 0 Å². The highest BCUT2D eigenvalue weighted by Crippen LogP contribution is 2.27. The van der Waals surface area contributed by atoms with Crippen LogP contribution in [0.5, 0.6) is 0 Å². The Bertz CT molecular complexity index is 514. The molecule has 0 aliphatic rings. The predicted octanol–water partition coefficient (Wildman–Crippen LogP) is 3.72. The van der Waals surface area contributed by atoms with Gasteiger partial charge in [0.05, 0.1) is 5.92 Å². The Morgan fingerprint density at radius 2 is 1.53 bits per heavy atom. The molecule has 0 heterocycles. The van der Waals surface area contributed by atoms with Crippen molar-refractivity contribution >= 4 is 5.78 Å². The van der Waals surface area contributed by atoms with Crippen LogP contribution in [0.1, 0.15) is 29.5 Å². The number of benzene rings is 2. The standard InChI is InChI=1S/C16H16O/c1-12-8-6-7-11-15(12)16(13(2)17)14-9-4-3-5-10-14/h3-11,16H,1-2H3. The second-order valence-electron chi connectivity index (χ2n) is 4.31. The third-order valence-corrected chi connectivity index (χ3v) is 3.04. The van der Waals surface area contributed by atoms with Gasteiger partial charge in [0.25, 0.3) is 0 Å². The highest BCUT2D eigenvalue weighted by atomic mass is 16.1. The minimum atomic E-state index is -0.141. The van der Waals surface area contributed by atoms with Gasteiger partial charge < -0.3 is 0 Å². The van der Waals surface area contributed by atoms with E-state index in [9.17, 15) is 4.79 Å². The first-order valence-electron chi connectivity index (χ1n) is 5.81. The molecule has 1 unspecified atom stereocenters. The summed E-state index contributed by atoms with van der Waals surface area (Å²) in [4.78, 5) is 11.9. The van der Waals surface area contributed by atoms with E-state index < -0.39 is 0 Å². The van der Waals surface area contributed by atoms with Crippen molar-refractivity contribution in [3.05, 3.63) is 71.3 Å². The molecule has 0 radical (unpaired) electrons. The Kier molecular flexibility index (Phi) is 3.38. The van der Waals surface area contributed by atoms with Crippen LogP contribution < -0.4 is 0 Å². The molecule has 0 spiro atoms. The Morgan fingerprint density at radius 1 is 0.941 bits per heavy atom. The zero-order chi connectivity index (χ0) is 12.3. The first-order chi connectivity index (χ1) is 8.20. The Balaban J connectivity index is 2.51. The maximum absolute atomic E-state index is 11.9. The number of rotatable bonds is 3. The number of ketones is 1. The largest absolute Gasteiger partial charge is 0.299 e. The average molecular weight is 224 g/mol. The molecule has 0 N–H and O–H groups in total. The molecule has 0 saturated heterocycles. The lowest BCUT2D eigenvalue weighted by Gasteiger charge is -2.17. The molecule has 2 rings (SSSR count). The van der Waals surface area contributed by atoms with E-state index in [0.717, 1.165) is 16.7 Å². The molecule has 0 aliphatic carbocycles. The van der Waals surface area contributed by atoms with Crippen LogP contribution >= 0.6 is 0 Å². The summed E-state index contributed by atoms with van der Waals surface area (Å²) in [6, 6.07) is 18.0. The number of Topliss-reactive ketones (excluding diaryl/α,β-unsaturated/α-hetero) is 1. The maximum Gasteiger partial charge on any atom is 0.141 e. The van der Waals surface area contributed by atoms with E-state index in [0.29, 0.717) is 0 Å². The maximum atomic E-state index is 11.9. The molecule has 2 aromatic rings. The van der Waals surface area contributed by atoms with E-state index in [1.54, 1.807) is 6.92 Å². The van der Waals surface area contributed by atoms with Crippen LogP contribution in [0.3, 0.4) is 0 Å². The third kappa shape index (κ3) is 2.44. The van der Waals surface area contributed by atoms with Crippen LogP contribution in [0.2, 0.25) is 0 Å². The molecular formula is C16H16O. The molecule has 2 aromatic carbocycles. The number of carbonyl (C=O) groups excluding carboxylic acids is 1. The summed E-state index contributed by atoms with van der Waals surface area (Å²) in [7, 11) is 0. The van der Waals surface area contributed by atoms with Crippen molar-refractivity contribution in [3.8, 4) is 0 Å². The van der Waals surface area contributed by atoms with Crippen molar-refractivity contribution in [1.29, 1.82) is 0 Å². The topological polar surface area (TPSA) is 17.1 Å². The number of hydrogen-bond acceptors (Lipinski definition) is 1. The van der Waals surface area contributed by atoms with Gasteiger partial charge in [-0.05, 0) is 30.5 Å². The normalized spacial score (nSPS) is 12.1. The summed E-state index contributed by atoms with van der Waals surface area (Å²) >= 11 is 0. The van der Waals surface area contributed by atoms with Crippen LogP contribution in [-0.4, -0.2) is 5.78 Å². The molecule has 0 aliphatic heterocycles. The van der Waals surface area contributed by atoms with Crippen LogP contribution in [0.15, 0.2) is 54.6 Å². The lowest BCUT2D eigenvalue weighted by Crippen LogP contribution is -2.11. The zero-order valence-corrected chi connectivity index (χ0v) is 10.2. The summed E-state index contributed by atoms with van der Waals surface area (Å²) in [6.07, 6.45) is 0. The summed E-state index contributed by atoms with van der Waals surface area (Å²) in [6.45, 7) is 3.71. The van der Waals surface area contributed by atoms with Crippen LogP contribution in [0.25, 0.3) is 0 Å². The second kappa shape index (κ2) is 4.96. The molecule has 0 saturated carbocycles. The van der Waals surface area contributed by atoms with Crippen LogP contribution in [-0.2, 0) is 4.79 Å². The molecule has 0 amide bonds. The lowest BCUT2D eigenvalue weighted by molar-refractivity contribution is -0.117. The number of hydrogen-bond donors (Lipinski definition) is 0. The highest BCUT2D eigenvalue weighted by molar-refractivity contribution is 5.87. The smallest absolute Gasteiger partial charge is 0.141 e. The molecule has 1 atom stereocenters. The van der Waals surface area contributed by atoms with E-state index in [1.807, 2.05) is 61.5 Å². The predicted molar refractivity (Wildman–Crippen MR) is 70.1 cm³/mol. The quantitative estimate of drug-likeness (QED) is 0.776. The van der Waals surface area contributed by atoms with E-state index in [-0.39, 0.29) is 11.7 Å². The van der Waals surface area contributed by atoms with Gasteiger partial charge in [-0.1, -0.05) is 54.6 Å². The van der Waals surface area contributed by atoms with E-state index >= 15 is 0 Å². The molecule has 1 heteroatoms. The van der Waals surface area contributed by atoms with E-state index in [1.165, 1.54) is 0 Å². The number of aryl methyl sites for hydroxylation is 1. The van der Waals surface area contributed by atoms with Crippen molar-refractivity contribution in [2.75, 3.05) is 0 Å². The fourth-order valence-corrected chi connectivity index (χ4v) is 2.19. The second-order valence-corrected chi connectivity index (χ2v) is 4.31. The minimum Gasteiger partial charge on any atom is -0.299 e. The molecule has 1 nitrogen and oxygen atoms in total. The Morgan fingerprint density at radius 3 is 2.12 bits per heavy atom. The van der Waals surface area contributed by atoms with Crippen molar-refractivity contribution < 1.29 is 4.79 Å². The van der Waals surface area contributed by atoms with Gasteiger partial charge in [0.15, 0.2) is 0 Å². The van der Waals surface area contributed by atoms with Gasteiger partial charge >= 0.3 is 0 Å². The van der Waals surface area contributed by atoms with Crippen molar-refractivity contribution in [2.24, 2.45) is 0 Å². The molecule has 86 valence electrons. The summed E-state index contributed by atoms with van der Waals surface area (Å²) in [5.74, 6) is 0.0444. The van der Waals surface area contributed by atoms with Crippen LogP contribution in [0, 0.1) is 6.92 Å². The SMILES string of the molecule is CC(=O)C(c1ccccc1)c1ccccc1C. The molecule has 0 fully saturated rings. The molecule has 17 heavy (non-hydrogen) atoms. The van der Waals surface area contributed by atoms with Gasteiger partial charge in [-0.2, -0.15) is 0 Å². The molecule has 0 aromatic heterocycles. The van der Waals surface area contributed by atoms with Crippen LogP contribution in [0.4, 0.5) is 0 Å². The Labute approximate surface area is 102 Å². The van der Waals surface area contributed by atoms with E-state index in [4.69, 9.17) is 0 Å². The molecule has 0 bridgehead atoms. The van der Waals surface area contributed by atoms with Gasteiger partial charge in [-0.15, -0.1) is 0 Å². The zero-order valence-electron chi connectivity index (χ0n) is 10.2. The minimum absolute atomic E-state index is 0.141. The fourth-order valence-electron chi connectivity index (χ4n) is 2.19. The first-order valence-corrected chi connectivity index (χ1v) is 5.81. The van der Waals surface area contributed by atoms with Gasteiger partial charge in [0.1, 0.15) is 5.78 Å². The van der Waals surface area contributed by atoms with Crippen molar-refractivity contribution in [2.45, 2.75) is 19.8 Å². The van der Waals surface area contributed by atoms with Crippen molar-refractivity contribution in [3.63, 3.8) is 0 Å². The highest BCUT2D eigenvalue weighted by Gasteiger charge is 2.19. The summed E-state index contributed by atoms with van der Waals surface area (Å²) in [5.41, 5.74) is 3.33. The average Bonchev–Trinajstić information content (AvgIpc) is 2.33. The number of carbonyl (C=O) groups is 1. The monoisotopic (exact) mass is 224 g/mol. The Hall–Kier alpha value is -1.89. The fraction of sp³-hybridized carbons (Fsp3) is 0.188.